The summed E-state index contributed by atoms with van der Waals surface area (Å²) in [5.41, 5.74) is 1.05. The summed E-state index contributed by atoms with van der Waals surface area (Å²) in [5, 5.41) is 18.7. The van der Waals surface area contributed by atoms with Gasteiger partial charge < -0.3 is 14.9 Å². The van der Waals surface area contributed by atoms with Gasteiger partial charge in [0.05, 0.1) is 0 Å². The van der Waals surface area contributed by atoms with Crippen LogP contribution in [0.2, 0.25) is 0 Å². The Morgan fingerprint density at radius 1 is 1.04 bits per heavy atom. The molecule has 2 aromatic rings. The molecule has 25 heavy (non-hydrogen) atoms. The van der Waals surface area contributed by atoms with Crippen molar-refractivity contribution in [3.8, 4) is 11.5 Å². The molecule has 0 aliphatic rings. The smallest absolute Gasteiger partial charge is 0.331 e. The van der Waals surface area contributed by atoms with Crippen molar-refractivity contribution in [2.45, 2.75) is 38.8 Å². The van der Waals surface area contributed by atoms with Crippen molar-refractivity contribution in [2.75, 3.05) is 0 Å². The Morgan fingerprint density at radius 3 is 2.08 bits per heavy atom. The summed E-state index contributed by atoms with van der Waals surface area (Å²) >= 11 is 0. The van der Waals surface area contributed by atoms with Gasteiger partial charge in [0.15, 0.2) is 6.04 Å². The first-order chi connectivity index (χ1) is 11.7. The molecule has 0 saturated carbocycles. The van der Waals surface area contributed by atoms with E-state index in [1.54, 1.807) is 54.7 Å². The summed E-state index contributed by atoms with van der Waals surface area (Å²) in [5.74, 6) is -0.0642. The number of rotatable bonds is 5. The molecule has 0 aliphatic heterocycles. The standard InChI is InChI=1S/C20H23NO4/c1-20(2,3)25-19(24)18(12-14-4-8-16(22)9-5-14)21-13-15-6-10-17(23)11-7-15/h4-11,13,18,22-23H,12H2,1-3H3/t18-/m0/s1. The summed E-state index contributed by atoms with van der Waals surface area (Å²) in [6.45, 7) is 5.44. The Bertz CT molecular complexity index is 728. The van der Waals surface area contributed by atoms with Crippen LogP contribution in [0.3, 0.4) is 0 Å². The third-order valence-corrected chi connectivity index (χ3v) is 3.34. The minimum atomic E-state index is -0.697. The molecule has 0 heterocycles. The number of ether oxygens (including phenoxy) is 1. The van der Waals surface area contributed by atoms with Crippen LogP contribution in [0.5, 0.6) is 11.5 Å². The van der Waals surface area contributed by atoms with Crippen LogP contribution in [-0.4, -0.2) is 34.0 Å². The van der Waals surface area contributed by atoms with Crippen LogP contribution in [0.15, 0.2) is 53.5 Å². The van der Waals surface area contributed by atoms with Gasteiger partial charge in [0.1, 0.15) is 17.1 Å². The third kappa shape index (κ3) is 6.30. The predicted molar refractivity (Wildman–Crippen MR) is 97.1 cm³/mol. The van der Waals surface area contributed by atoms with E-state index in [2.05, 4.69) is 4.99 Å². The average molecular weight is 341 g/mol. The molecule has 0 amide bonds. The van der Waals surface area contributed by atoms with Crippen LogP contribution in [0.25, 0.3) is 0 Å². The Kier molecular flexibility index (Phi) is 5.80. The molecule has 5 heteroatoms. The highest BCUT2D eigenvalue weighted by atomic mass is 16.6. The van der Waals surface area contributed by atoms with Crippen molar-refractivity contribution < 1.29 is 19.7 Å². The van der Waals surface area contributed by atoms with Gasteiger partial charge in [-0.25, -0.2) is 4.79 Å². The first-order valence-corrected chi connectivity index (χ1v) is 8.06. The van der Waals surface area contributed by atoms with Crippen molar-refractivity contribution in [1.82, 2.24) is 0 Å². The number of carbonyl (C=O) groups is 1. The van der Waals surface area contributed by atoms with Crippen LogP contribution in [0, 0.1) is 0 Å². The molecule has 0 unspecified atom stereocenters. The Balaban J connectivity index is 2.19. The minimum absolute atomic E-state index is 0.171. The summed E-state index contributed by atoms with van der Waals surface area (Å²) in [4.78, 5) is 16.9. The van der Waals surface area contributed by atoms with Crippen LogP contribution in [0.4, 0.5) is 0 Å². The van der Waals surface area contributed by atoms with Gasteiger partial charge in [-0.3, -0.25) is 4.99 Å². The number of hydrogen-bond donors (Lipinski definition) is 2. The van der Waals surface area contributed by atoms with Crippen molar-refractivity contribution in [2.24, 2.45) is 4.99 Å². The van der Waals surface area contributed by atoms with E-state index in [0.29, 0.717) is 6.42 Å². The largest absolute Gasteiger partial charge is 0.508 e. The maximum atomic E-state index is 12.5. The molecular weight excluding hydrogens is 318 g/mol. The fourth-order valence-corrected chi connectivity index (χ4v) is 2.16. The van der Waals surface area contributed by atoms with Crippen LogP contribution >= 0.6 is 0 Å². The zero-order valence-electron chi connectivity index (χ0n) is 14.6. The minimum Gasteiger partial charge on any atom is -0.508 e. The normalized spacial score (nSPS) is 12.9. The van der Waals surface area contributed by atoms with Gasteiger partial charge in [0.2, 0.25) is 0 Å². The second kappa shape index (κ2) is 7.83. The lowest BCUT2D eigenvalue weighted by Crippen LogP contribution is -2.32. The Morgan fingerprint density at radius 2 is 1.56 bits per heavy atom. The molecule has 0 spiro atoms. The number of benzene rings is 2. The number of esters is 1. The molecule has 0 bridgehead atoms. The third-order valence-electron chi connectivity index (χ3n) is 3.34. The zero-order chi connectivity index (χ0) is 18.4. The van der Waals surface area contributed by atoms with Gasteiger partial charge in [0.25, 0.3) is 0 Å². The summed E-state index contributed by atoms with van der Waals surface area (Å²) in [6.07, 6.45) is 1.96. The zero-order valence-corrected chi connectivity index (χ0v) is 14.6. The van der Waals surface area contributed by atoms with Crippen molar-refractivity contribution in [1.29, 1.82) is 0 Å². The van der Waals surface area contributed by atoms with E-state index in [9.17, 15) is 15.0 Å². The summed E-state index contributed by atoms with van der Waals surface area (Å²) < 4.78 is 5.46. The highest BCUT2D eigenvalue weighted by Gasteiger charge is 2.24. The number of nitrogens with zero attached hydrogens (tertiary/aromatic N) is 1. The second-order valence-electron chi connectivity index (χ2n) is 6.79. The van der Waals surface area contributed by atoms with Gasteiger partial charge >= 0.3 is 5.97 Å². The van der Waals surface area contributed by atoms with E-state index in [4.69, 9.17) is 4.74 Å². The van der Waals surface area contributed by atoms with E-state index >= 15 is 0 Å². The highest BCUT2D eigenvalue weighted by molar-refractivity contribution is 5.84. The number of hydrogen-bond acceptors (Lipinski definition) is 5. The molecule has 0 saturated heterocycles. The van der Waals surface area contributed by atoms with Gasteiger partial charge in [-0.15, -0.1) is 0 Å². The van der Waals surface area contributed by atoms with Gasteiger partial charge in [0, 0.05) is 12.6 Å². The number of aliphatic imine (C=N–C) groups is 1. The average Bonchev–Trinajstić information content (AvgIpc) is 2.53. The molecule has 2 rings (SSSR count). The molecular formula is C20H23NO4. The molecule has 2 N–H and O–H groups in total. The molecule has 0 aliphatic carbocycles. The van der Waals surface area contributed by atoms with Crippen molar-refractivity contribution >= 4 is 12.2 Å². The van der Waals surface area contributed by atoms with Crippen LogP contribution < -0.4 is 0 Å². The van der Waals surface area contributed by atoms with Crippen LogP contribution in [0.1, 0.15) is 31.9 Å². The van der Waals surface area contributed by atoms with Gasteiger partial charge in [-0.2, -0.15) is 0 Å². The summed E-state index contributed by atoms with van der Waals surface area (Å²) in [7, 11) is 0. The molecule has 132 valence electrons. The van der Waals surface area contributed by atoms with Crippen LogP contribution in [-0.2, 0) is 16.0 Å². The number of phenols is 2. The van der Waals surface area contributed by atoms with E-state index in [1.807, 2.05) is 20.8 Å². The molecule has 0 aromatic heterocycles. The first kappa shape index (κ1) is 18.5. The summed E-state index contributed by atoms with van der Waals surface area (Å²) in [6, 6.07) is 12.5. The fourth-order valence-electron chi connectivity index (χ4n) is 2.16. The Hall–Kier alpha value is -2.82. The van der Waals surface area contributed by atoms with E-state index < -0.39 is 17.6 Å². The van der Waals surface area contributed by atoms with Crippen molar-refractivity contribution in [3.05, 3.63) is 59.7 Å². The first-order valence-electron chi connectivity index (χ1n) is 8.06. The van der Waals surface area contributed by atoms with E-state index in [-0.39, 0.29) is 11.5 Å². The number of carbonyl (C=O) groups excluding carboxylic acids is 1. The second-order valence-corrected chi connectivity index (χ2v) is 6.79. The fraction of sp³-hybridized carbons (Fsp3) is 0.300. The number of aromatic hydroxyl groups is 2. The van der Waals surface area contributed by atoms with Gasteiger partial charge in [-0.05, 0) is 68.3 Å². The Labute approximate surface area is 147 Å². The SMILES string of the molecule is CC(C)(C)OC(=O)[C@H](Cc1ccc(O)cc1)N=Cc1ccc(O)cc1. The molecule has 0 fully saturated rings. The lowest BCUT2D eigenvalue weighted by Gasteiger charge is -2.22. The quantitative estimate of drug-likeness (QED) is 0.645. The number of phenolic OH excluding ortho intramolecular Hbond substituents is 2. The molecule has 0 radical (unpaired) electrons. The topological polar surface area (TPSA) is 79.1 Å². The van der Waals surface area contributed by atoms with E-state index in [1.165, 1.54) is 0 Å². The molecule has 5 nitrogen and oxygen atoms in total. The predicted octanol–water partition coefficient (Wildman–Crippen LogP) is 3.47. The lowest BCUT2D eigenvalue weighted by molar-refractivity contribution is -0.156. The maximum Gasteiger partial charge on any atom is 0.331 e. The van der Waals surface area contributed by atoms with Crippen molar-refractivity contribution in [3.63, 3.8) is 0 Å². The highest BCUT2D eigenvalue weighted by Crippen LogP contribution is 2.16. The lowest BCUT2D eigenvalue weighted by atomic mass is 10.1. The molecule has 2 aromatic carbocycles. The van der Waals surface area contributed by atoms with E-state index in [0.717, 1.165) is 11.1 Å². The molecule has 1 atom stereocenters. The maximum absolute atomic E-state index is 12.5. The monoisotopic (exact) mass is 341 g/mol. The van der Waals surface area contributed by atoms with Gasteiger partial charge in [-0.1, -0.05) is 12.1 Å².